The van der Waals surface area contributed by atoms with Gasteiger partial charge in [-0.15, -0.1) is 0 Å². The van der Waals surface area contributed by atoms with Crippen molar-refractivity contribution in [3.8, 4) is 5.75 Å². The van der Waals surface area contributed by atoms with Gasteiger partial charge in [-0.25, -0.2) is 0 Å². The van der Waals surface area contributed by atoms with Gasteiger partial charge in [0.05, 0.1) is 6.61 Å². The van der Waals surface area contributed by atoms with Gasteiger partial charge in [-0.3, -0.25) is 4.79 Å². The van der Waals surface area contributed by atoms with Crippen LogP contribution in [0.25, 0.3) is 0 Å². The summed E-state index contributed by atoms with van der Waals surface area (Å²) in [5.41, 5.74) is 6.30. The number of hydrogen-bond donors (Lipinski definition) is 2. The Morgan fingerprint density at radius 1 is 1.44 bits per heavy atom. The summed E-state index contributed by atoms with van der Waals surface area (Å²) in [5.74, 6) is 0.746. The molecule has 1 aromatic rings. The summed E-state index contributed by atoms with van der Waals surface area (Å²) < 4.78 is 5.54. The van der Waals surface area contributed by atoms with Crippen molar-refractivity contribution >= 4 is 5.91 Å². The molecule has 0 bridgehead atoms. The maximum atomic E-state index is 11.8. The van der Waals surface area contributed by atoms with Crippen LogP contribution in [0.5, 0.6) is 5.75 Å². The van der Waals surface area contributed by atoms with E-state index in [0.717, 1.165) is 31.6 Å². The summed E-state index contributed by atoms with van der Waals surface area (Å²) >= 11 is 0. The molecule has 1 aliphatic carbocycles. The third-order valence-electron chi connectivity index (χ3n) is 3.04. The second-order valence-corrected chi connectivity index (χ2v) is 4.71. The van der Waals surface area contributed by atoms with E-state index in [0.29, 0.717) is 5.56 Å². The van der Waals surface area contributed by atoms with Crippen LogP contribution in [0, 0.1) is 0 Å². The van der Waals surface area contributed by atoms with E-state index in [9.17, 15) is 4.79 Å². The number of nitrogens with one attached hydrogen (secondary N) is 1. The summed E-state index contributed by atoms with van der Waals surface area (Å²) in [6.07, 6.45) is 3.04. The first kappa shape index (κ1) is 12.9. The average molecular weight is 248 g/mol. The third-order valence-corrected chi connectivity index (χ3v) is 3.04. The highest BCUT2D eigenvalue weighted by molar-refractivity contribution is 5.94. The van der Waals surface area contributed by atoms with E-state index in [2.05, 4.69) is 12.2 Å². The van der Waals surface area contributed by atoms with Crippen molar-refractivity contribution < 1.29 is 9.53 Å². The molecule has 1 fully saturated rings. The molecule has 1 aromatic carbocycles. The molecule has 0 aliphatic heterocycles. The van der Waals surface area contributed by atoms with Gasteiger partial charge in [-0.2, -0.15) is 0 Å². The highest BCUT2D eigenvalue weighted by atomic mass is 16.5. The fraction of sp³-hybridized carbons (Fsp3) is 0.500. The molecule has 0 saturated heterocycles. The van der Waals surface area contributed by atoms with E-state index in [4.69, 9.17) is 10.5 Å². The second kappa shape index (κ2) is 5.87. The molecule has 1 amide bonds. The third kappa shape index (κ3) is 3.47. The summed E-state index contributed by atoms with van der Waals surface area (Å²) in [4.78, 5) is 11.8. The highest BCUT2D eigenvalue weighted by Gasteiger charge is 2.34. The summed E-state index contributed by atoms with van der Waals surface area (Å²) in [6, 6.07) is 7.51. The Hall–Kier alpha value is -1.55. The molecule has 3 N–H and O–H groups in total. The molecule has 98 valence electrons. The number of amides is 1. The van der Waals surface area contributed by atoms with Crippen LogP contribution in [0.2, 0.25) is 0 Å². The molecule has 2 unspecified atom stereocenters. The number of hydrogen-bond acceptors (Lipinski definition) is 3. The van der Waals surface area contributed by atoms with Crippen LogP contribution in [0.3, 0.4) is 0 Å². The number of carbonyl (C=O) groups is 1. The number of rotatable bonds is 6. The van der Waals surface area contributed by atoms with E-state index in [1.165, 1.54) is 0 Å². The van der Waals surface area contributed by atoms with Crippen LogP contribution in [0.15, 0.2) is 24.3 Å². The Balaban J connectivity index is 1.84. The molecule has 0 radical (unpaired) electrons. The van der Waals surface area contributed by atoms with Crippen LogP contribution in [-0.4, -0.2) is 24.6 Å². The average Bonchev–Trinajstić information content (AvgIpc) is 3.06. The predicted octanol–water partition coefficient (Wildman–Crippen LogP) is 1.69. The van der Waals surface area contributed by atoms with Gasteiger partial charge < -0.3 is 15.8 Å². The zero-order chi connectivity index (χ0) is 13.0. The number of unbranched alkanes of at least 4 members (excludes halogenated alkanes) is 1. The second-order valence-electron chi connectivity index (χ2n) is 4.71. The van der Waals surface area contributed by atoms with Crippen LogP contribution in [-0.2, 0) is 0 Å². The Morgan fingerprint density at radius 3 is 2.67 bits per heavy atom. The summed E-state index contributed by atoms with van der Waals surface area (Å²) in [5, 5.41) is 2.89. The molecule has 18 heavy (non-hydrogen) atoms. The van der Waals surface area contributed by atoms with E-state index in [-0.39, 0.29) is 18.0 Å². The Labute approximate surface area is 108 Å². The van der Waals surface area contributed by atoms with Crippen molar-refractivity contribution in [2.24, 2.45) is 5.73 Å². The van der Waals surface area contributed by atoms with Gasteiger partial charge in [0.15, 0.2) is 0 Å². The van der Waals surface area contributed by atoms with Gasteiger partial charge >= 0.3 is 0 Å². The van der Waals surface area contributed by atoms with Crippen LogP contribution in [0.1, 0.15) is 36.5 Å². The predicted molar refractivity (Wildman–Crippen MR) is 70.7 cm³/mol. The maximum absolute atomic E-state index is 11.8. The number of nitrogens with two attached hydrogens (primary N) is 1. The van der Waals surface area contributed by atoms with Gasteiger partial charge in [0.25, 0.3) is 5.91 Å². The fourth-order valence-corrected chi connectivity index (χ4v) is 1.67. The lowest BCUT2D eigenvalue weighted by Gasteiger charge is -2.07. The smallest absolute Gasteiger partial charge is 0.251 e. The lowest BCUT2D eigenvalue weighted by Crippen LogP contribution is -2.29. The minimum Gasteiger partial charge on any atom is -0.494 e. The summed E-state index contributed by atoms with van der Waals surface area (Å²) in [7, 11) is 0. The number of benzene rings is 1. The molecule has 4 nitrogen and oxygen atoms in total. The van der Waals surface area contributed by atoms with Crippen LogP contribution < -0.4 is 15.8 Å². The molecule has 1 saturated carbocycles. The van der Waals surface area contributed by atoms with Gasteiger partial charge in [0.1, 0.15) is 5.75 Å². The van der Waals surface area contributed by atoms with Crippen molar-refractivity contribution in [2.45, 2.75) is 38.3 Å². The van der Waals surface area contributed by atoms with E-state index < -0.39 is 0 Å². The maximum Gasteiger partial charge on any atom is 0.251 e. The standard InChI is InChI=1S/C14H20N2O2/c1-2-3-8-18-11-6-4-10(5-7-11)14(17)16-13-9-12(13)15/h4-7,12-13H,2-3,8-9,15H2,1H3,(H,16,17). The van der Waals surface area contributed by atoms with Crippen molar-refractivity contribution in [3.63, 3.8) is 0 Å². The fourth-order valence-electron chi connectivity index (χ4n) is 1.67. The van der Waals surface area contributed by atoms with Gasteiger partial charge in [0.2, 0.25) is 0 Å². The first-order valence-electron chi connectivity index (χ1n) is 6.50. The van der Waals surface area contributed by atoms with Crippen LogP contribution >= 0.6 is 0 Å². The zero-order valence-corrected chi connectivity index (χ0v) is 10.7. The Kier molecular flexibility index (Phi) is 4.20. The van der Waals surface area contributed by atoms with Crippen molar-refractivity contribution in [3.05, 3.63) is 29.8 Å². The minimum atomic E-state index is -0.0620. The van der Waals surface area contributed by atoms with Gasteiger partial charge in [-0.05, 0) is 37.1 Å². The first-order valence-corrected chi connectivity index (χ1v) is 6.50. The normalized spacial score (nSPS) is 21.4. The number of ether oxygens (including phenoxy) is 1. The molecule has 4 heteroatoms. The topological polar surface area (TPSA) is 64.3 Å². The highest BCUT2D eigenvalue weighted by Crippen LogP contribution is 2.19. The quantitative estimate of drug-likeness (QED) is 0.753. The largest absolute Gasteiger partial charge is 0.494 e. The molecule has 0 spiro atoms. The zero-order valence-electron chi connectivity index (χ0n) is 10.7. The molecule has 2 rings (SSSR count). The van der Waals surface area contributed by atoms with E-state index in [1.807, 2.05) is 12.1 Å². The van der Waals surface area contributed by atoms with Crippen molar-refractivity contribution in [1.82, 2.24) is 5.32 Å². The summed E-state index contributed by atoms with van der Waals surface area (Å²) in [6.45, 7) is 2.85. The SMILES string of the molecule is CCCCOc1ccc(C(=O)NC2CC2N)cc1. The van der Waals surface area contributed by atoms with Crippen molar-refractivity contribution in [1.29, 1.82) is 0 Å². The lowest BCUT2D eigenvalue weighted by molar-refractivity contribution is 0.0950. The van der Waals surface area contributed by atoms with Gasteiger partial charge in [-0.1, -0.05) is 13.3 Å². The minimum absolute atomic E-state index is 0.0620. The molecular weight excluding hydrogens is 228 g/mol. The monoisotopic (exact) mass is 248 g/mol. The molecular formula is C14H20N2O2. The lowest BCUT2D eigenvalue weighted by atomic mass is 10.2. The van der Waals surface area contributed by atoms with Gasteiger partial charge in [0, 0.05) is 17.6 Å². The first-order chi connectivity index (χ1) is 8.70. The van der Waals surface area contributed by atoms with E-state index in [1.54, 1.807) is 12.1 Å². The number of carbonyl (C=O) groups excluding carboxylic acids is 1. The van der Waals surface area contributed by atoms with Crippen LogP contribution in [0.4, 0.5) is 0 Å². The molecule has 2 atom stereocenters. The Bertz CT molecular complexity index is 403. The molecule has 0 aromatic heterocycles. The van der Waals surface area contributed by atoms with E-state index >= 15 is 0 Å². The molecule has 0 heterocycles. The Morgan fingerprint density at radius 2 is 2.11 bits per heavy atom. The molecule has 1 aliphatic rings. The van der Waals surface area contributed by atoms with Crippen molar-refractivity contribution in [2.75, 3.05) is 6.61 Å².